The van der Waals surface area contributed by atoms with Gasteiger partial charge in [0.05, 0.1) is 6.10 Å². The fourth-order valence-electron chi connectivity index (χ4n) is 2.28. The molecule has 1 aliphatic rings. The molecule has 5 nitrogen and oxygen atoms in total. The number of fused-ring (bicyclic) bond motifs is 1. The number of aromatic nitrogens is 1. The minimum absolute atomic E-state index is 0.0756. The summed E-state index contributed by atoms with van der Waals surface area (Å²) in [6.45, 7) is 0.190. The Bertz CT molecular complexity index is 704. The summed E-state index contributed by atoms with van der Waals surface area (Å²) in [7, 11) is 0. The molecule has 3 rings (SSSR count). The number of benzene rings is 1. The fraction of sp³-hybridized carbons (Fsp3) is 0.333. The van der Waals surface area contributed by atoms with Crippen LogP contribution in [-0.4, -0.2) is 28.6 Å². The van der Waals surface area contributed by atoms with Gasteiger partial charge in [-0.15, -0.1) is 0 Å². The molecule has 5 heteroatoms. The van der Waals surface area contributed by atoms with E-state index in [1.807, 2.05) is 6.07 Å². The minimum atomic E-state index is -0.515. The van der Waals surface area contributed by atoms with Crippen LogP contribution in [0.25, 0.3) is 10.9 Å². The highest BCUT2D eigenvalue weighted by molar-refractivity contribution is 5.97. The maximum atomic E-state index is 12.2. The molecule has 0 bridgehead atoms. The number of aliphatic hydroxyl groups excluding tert-OH is 1. The first-order valence-corrected chi connectivity index (χ1v) is 6.73. The maximum Gasteiger partial charge on any atom is 0.256 e. The lowest BCUT2D eigenvalue weighted by Crippen LogP contribution is -2.35. The third-order valence-electron chi connectivity index (χ3n) is 3.67. The minimum Gasteiger partial charge on any atom is -0.391 e. The SMILES string of the molecule is O=C(NCC(O)C1CC1)c1c[nH]c2ccccc2c1=O. The number of aliphatic hydroxyl groups is 1. The van der Waals surface area contributed by atoms with Gasteiger partial charge in [-0.3, -0.25) is 9.59 Å². The van der Waals surface area contributed by atoms with Gasteiger partial charge in [0.1, 0.15) is 5.56 Å². The molecule has 1 aliphatic carbocycles. The number of carbonyl (C=O) groups is 1. The molecule has 3 N–H and O–H groups in total. The van der Waals surface area contributed by atoms with Crippen LogP contribution in [-0.2, 0) is 0 Å². The molecule has 104 valence electrons. The summed E-state index contributed by atoms with van der Waals surface area (Å²) < 4.78 is 0. The Morgan fingerprint density at radius 1 is 1.40 bits per heavy atom. The molecule has 1 amide bonds. The second-order valence-electron chi connectivity index (χ2n) is 5.19. The summed E-state index contributed by atoms with van der Waals surface area (Å²) in [5, 5.41) is 12.8. The van der Waals surface area contributed by atoms with Gasteiger partial charge < -0.3 is 15.4 Å². The van der Waals surface area contributed by atoms with E-state index in [0.717, 1.165) is 12.8 Å². The molecule has 1 unspecified atom stereocenters. The van der Waals surface area contributed by atoms with Crippen molar-refractivity contribution in [2.75, 3.05) is 6.54 Å². The number of rotatable bonds is 4. The van der Waals surface area contributed by atoms with Gasteiger partial charge in [-0.2, -0.15) is 0 Å². The van der Waals surface area contributed by atoms with Crippen molar-refractivity contribution in [2.24, 2.45) is 5.92 Å². The normalized spacial score (nSPS) is 16.1. The van der Waals surface area contributed by atoms with E-state index >= 15 is 0 Å². The number of pyridine rings is 1. The first-order chi connectivity index (χ1) is 9.66. The number of para-hydroxylation sites is 1. The van der Waals surface area contributed by atoms with E-state index in [-0.39, 0.29) is 17.5 Å². The van der Waals surface area contributed by atoms with Gasteiger partial charge in [0.15, 0.2) is 0 Å². The Morgan fingerprint density at radius 2 is 2.15 bits per heavy atom. The second-order valence-corrected chi connectivity index (χ2v) is 5.19. The lowest BCUT2D eigenvalue weighted by Gasteiger charge is -2.10. The van der Waals surface area contributed by atoms with E-state index in [9.17, 15) is 14.7 Å². The zero-order valence-corrected chi connectivity index (χ0v) is 10.9. The number of H-pyrrole nitrogens is 1. The van der Waals surface area contributed by atoms with E-state index in [1.165, 1.54) is 6.20 Å². The van der Waals surface area contributed by atoms with E-state index < -0.39 is 12.0 Å². The lowest BCUT2D eigenvalue weighted by molar-refractivity contribution is 0.0900. The molecule has 1 heterocycles. The highest BCUT2D eigenvalue weighted by atomic mass is 16.3. The van der Waals surface area contributed by atoms with Crippen LogP contribution in [0.3, 0.4) is 0 Å². The molecule has 1 saturated carbocycles. The monoisotopic (exact) mass is 272 g/mol. The van der Waals surface area contributed by atoms with Gasteiger partial charge in [0, 0.05) is 23.6 Å². The van der Waals surface area contributed by atoms with Crippen LogP contribution in [0.5, 0.6) is 0 Å². The van der Waals surface area contributed by atoms with Crippen molar-refractivity contribution in [1.29, 1.82) is 0 Å². The molecule has 2 aromatic rings. The second kappa shape index (κ2) is 5.09. The van der Waals surface area contributed by atoms with E-state index in [2.05, 4.69) is 10.3 Å². The zero-order valence-electron chi connectivity index (χ0n) is 10.9. The highest BCUT2D eigenvalue weighted by Gasteiger charge is 2.29. The number of amides is 1. The molecular weight excluding hydrogens is 256 g/mol. The summed E-state index contributed by atoms with van der Waals surface area (Å²) in [4.78, 5) is 27.2. The number of aromatic amines is 1. The first-order valence-electron chi connectivity index (χ1n) is 6.73. The Labute approximate surface area is 115 Å². The Morgan fingerprint density at radius 3 is 2.90 bits per heavy atom. The molecule has 0 radical (unpaired) electrons. The zero-order chi connectivity index (χ0) is 14.1. The number of nitrogens with one attached hydrogen (secondary N) is 2. The van der Waals surface area contributed by atoms with Crippen LogP contribution in [0.4, 0.5) is 0 Å². The number of hydrogen-bond donors (Lipinski definition) is 3. The van der Waals surface area contributed by atoms with Gasteiger partial charge in [0.2, 0.25) is 5.43 Å². The van der Waals surface area contributed by atoms with Crippen LogP contribution in [0.15, 0.2) is 35.3 Å². The average molecular weight is 272 g/mol. The molecule has 1 atom stereocenters. The van der Waals surface area contributed by atoms with Crippen molar-refractivity contribution in [1.82, 2.24) is 10.3 Å². The Kier molecular flexibility index (Phi) is 3.28. The molecule has 0 saturated heterocycles. The van der Waals surface area contributed by atoms with E-state index in [4.69, 9.17) is 0 Å². The van der Waals surface area contributed by atoms with Gasteiger partial charge in [-0.05, 0) is 30.9 Å². The van der Waals surface area contributed by atoms with Crippen molar-refractivity contribution in [2.45, 2.75) is 18.9 Å². The largest absolute Gasteiger partial charge is 0.391 e. The van der Waals surface area contributed by atoms with Crippen LogP contribution in [0.1, 0.15) is 23.2 Å². The van der Waals surface area contributed by atoms with Gasteiger partial charge in [-0.25, -0.2) is 0 Å². The molecule has 20 heavy (non-hydrogen) atoms. The summed E-state index contributed by atoms with van der Waals surface area (Å²) >= 11 is 0. The Balaban J connectivity index is 1.80. The predicted molar refractivity (Wildman–Crippen MR) is 75.6 cm³/mol. The van der Waals surface area contributed by atoms with E-state index in [1.54, 1.807) is 18.2 Å². The molecule has 0 spiro atoms. The van der Waals surface area contributed by atoms with E-state index in [0.29, 0.717) is 16.8 Å². The lowest BCUT2D eigenvalue weighted by atomic mass is 10.1. The van der Waals surface area contributed by atoms with Crippen molar-refractivity contribution in [3.05, 3.63) is 46.2 Å². The summed E-state index contributed by atoms with van der Waals surface area (Å²) in [6.07, 6.45) is 2.92. The quantitative estimate of drug-likeness (QED) is 0.777. The van der Waals surface area contributed by atoms with Gasteiger partial charge in [0.25, 0.3) is 5.91 Å². The van der Waals surface area contributed by atoms with Crippen LogP contribution < -0.4 is 10.7 Å². The van der Waals surface area contributed by atoms with Gasteiger partial charge >= 0.3 is 0 Å². The summed E-state index contributed by atoms with van der Waals surface area (Å²) in [5.41, 5.74) is 0.483. The molecule has 1 aromatic carbocycles. The molecular formula is C15H16N2O3. The Hall–Kier alpha value is -2.14. The third-order valence-corrected chi connectivity index (χ3v) is 3.67. The highest BCUT2D eigenvalue weighted by Crippen LogP contribution is 2.32. The standard InChI is InChI=1S/C15H16N2O3/c18-13(9-5-6-9)8-17-15(20)11-7-16-12-4-2-1-3-10(12)14(11)19/h1-4,7,9,13,18H,5-6,8H2,(H,16,19)(H,17,20). The van der Waals surface area contributed by atoms with Crippen LogP contribution in [0.2, 0.25) is 0 Å². The maximum absolute atomic E-state index is 12.2. The topological polar surface area (TPSA) is 82.2 Å². The number of hydrogen-bond acceptors (Lipinski definition) is 3. The average Bonchev–Trinajstić information content (AvgIpc) is 3.30. The summed E-state index contributed by atoms with van der Waals surface area (Å²) in [5.74, 6) is -0.151. The molecule has 1 fully saturated rings. The first kappa shape index (κ1) is 12.9. The number of carbonyl (C=O) groups excluding carboxylic acids is 1. The van der Waals surface area contributed by atoms with Crippen molar-refractivity contribution >= 4 is 16.8 Å². The fourth-order valence-corrected chi connectivity index (χ4v) is 2.28. The summed E-state index contributed by atoms with van der Waals surface area (Å²) in [6, 6.07) is 7.05. The predicted octanol–water partition coefficient (Wildman–Crippen LogP) is 1.03. The van der Waals surface area contributed by atoms with Gasteiger partial charge in [-0.1, -0.05) is 12.1 Å². The van der Waals surface area contributed by atoms with Crippen molar-refractivity contribution in [3.8, 4) is 0 Å². The van der Waals surface area contributed by atoms with Crippen molar-refractivity contribution < 1.29 is 9.90 Å². The van der Waals surface area contributed by atoms with Crippen molar-refractivity contribution in [3.63, 3.8) is 0 Å². The molecule has 0 aliphatic heterocycles. The van der Waals surface area contributed by atoms with Crippen LogP contribution in [0, 0.1) is 5.92 Å². The smallest absolute Gasteiger partial charge is 0.256 e. The molecule has 1 aromatic heterocycles. The third kappa shape index (κ3) is 2.44. The van der Waals surface area contributed by atoms with Crippen LogP contribution >= 0.6 is 0 Å².